The van der Waals surface area contributed by atoms with Gasteiger partial charge in [0.2, 0.25) is 0 Å². The molecule has 0 aliphatic heterocycles. The lowest BCUT2D eigenvalue weighted by atomic mass is 9.51. The van der Waals surface area contributed by atoms with E-state index < -0.39 is 17.4 Å². The van der Waals surface area contributed by atoms with E-state index in [1.165, 1.54) is 120 Å². The van der Waals surface area contributed by atoms with E-state index >= 15 is 0 Å². The third-order valence-electron chi connectivity index (χ3n) is 9.02. The fourth-order valence-electron chi connectivity index (χ4n) is 6.42. The number of unbranched alkanes of at least 4 members (excludes halogenated alkanes) is 7. The van der Waals surface area contributed by atoms with Crippen molar-refractivity contribution in [3.8, 4) is 16.9 Å². The molecule has 1 nitrogen and oxygen atoms in total. The van der Waals surface area contributed by atoms with E-state index in [2.05, 4.69) is 32.9 Å². The SMILES string of the molecule is CCCCCC12CCC(c3ccc(-c4cc(F)c(O)c(F)c4)cc3)(CC1)CC2.CCCCCCCC. The van der Waals surface area contributed by atoms with Crippen LogP contribution in [0, 0.1) is 17.0 Å². The number of rotatable bonds is 11. The van der Waals surface area contributed by atoms with E-state index in [9.17, 15) is 13.9 Å². The zero-order chi connectivity index (χ0) is 26.0. The van der Waals surface area contributed by atoms with E-state index in [0.717, 1.165) is 5.56 Å². The number of hydrogen-bond acceptors (Lipinski definition) is 1. The van der Waals surface area contributed by atoms with Crippen LogP contribution in [0.3, 0.4) is 0 Å². The zero-order valence-electron chi connectivity index (χ0n) is 23.0. The smallest absolute Gasteiger partial charge is 0.187 e. The quantitative estimate of drug-likeness (QED) is 0.305. The summed E-state index contributed by atoms with van der Waals surface area (Å²) in [6, 6.07) is 10.6. The molecule has 3 fully saturated rings. The minimum Gasteiger partial charge on any atom is -0.503 e. The molecule has 3 aliphatic carbocycles. The van der Waals surface area contributed by atoms with Gasteiger partial charge in [-0.05, 0) is 84.6 Å². The molecule has 0 heterocycles. The van der Waals surface area contributed by atoms with Crippen molar-refractivity contribution in [1.82, 2.24) is 0 Å². The van der Waals surface area contributed by atoms with Crippen LogP contribution in [0.1, 0.15) is 129 Å². The molecule has 200 valence electrons. The third-order valence-corrected chi connectivity index (χ3v) is 9.02. The molecule has 0 aromatic heterocycles. The van der Waals surface area contributed by atoms with Gasteiger partial charge < -0.3 is 5.11 Å². The minimum absolute atomic E-state index is 0.288. The Hall–Kier alpha value is -1.90. The average molecular weight is 499 g/mol. The van der Waals surface area contributed by atoms with E-state index in [1.807, 2.05) is 12.1 Å². The van der Waals surface area contributed by atoms with Crippen LogP contribution in [0.25, 0.3) is 11.1 Å². The standard InChI is InChI=1S/C25H30F2O.C8H18/c1-2-3-4-9-24-10-13-25(14-11-24,15-12-24)20-7-5-18(6-8-20)19-16-21(26)23(28)22(27)17-19;1-3-5-7-8-6-4-2/h5-8,16-17,28H,2-4,9-15H2,1H3;3-8H2,1-2H3. The maximum atomic E-state index is 13.7. The number of phenols is 1. The first-order chi connectivity index (χ1) is 17.4. The number of benzene rings is 2. The van der Waals surface area contributed by atoms with Gasteiger partial charge in [-0.3, -0.25) is 0 Å². The maximum Gasteiger partial charge on any atom is 0.187 e. The molecule has 1 N–H and O–H groups in total. The second kappa shape index (κ2) is 13.6. The van der Waals surface area contributed by atoms with Crippen LogP contribution < -0.4 is 0 Å². The van der Waals surface area contributed by atoms with Crippen molar-refractivity contribution in [2.75, 3.05) is 0 Å². The summed E-state index contributed by atoms with van der Waals surface area (Å²) >= 11 is 0. The van der Waals surface area contributed by atoms with Crippen molar-refractivity contribution in [3.05, 3.63) is 53.6 Å². The molecule has 2 aromatic carbocycles. The van der Waals surface area contributed by atoms with Crippen molar-refractivity contribution in [2.45, 2.75) is 129 Å². The van der Waals surface area contributed by atoms with Gasteiger partial charge in [0.25, 0.3) is 0 Å². The van der Waals surface area contributed by atoms with E-state index in [1.54, 1.807) is 0 Å². The van der Waals surface area contributed by atoms with Gasteiger partial charge in [-0.15, -0.1) is 0 Å². The highest BCUT2D eigenvalue weighted by Crippen LogP contribution is 2.59. The van der Waals surface area contributed by atoms with Crippen LogP contribution >= 0.6 is 0 Å². The van der Waals surface area contributed by atoms with Crippen LogP contribution in [-0.2, 0) is 5.41 Å². The Morgan fingerprint density at radius 1 is 0.639 bits per heavy atom. The molecule has 3 heteroatoms. The fraction of sp³-hybridized carbons (Fsp3) is 0.636. The van der Waals surface area contributed by atoms with Crippen LogP contribution in [0.2, 0.25) is 0 Å². The molecule has 0 radical (unpaired) electrons. The molecule has 0 spiro atoms. The van der Waals surface area contributed by atoms with Crippen molar-refractivity contribution in [2.24, 2.45) is 5.41 Å². The molecule has 0 saturated heterocycles. The Morgan fingerprint density at radius 2 is 1.11 bits per heavy atom. The number of phenolic OH excluding ortho intramolecular Hbond substituents is 1. The molecule has 0 amide bonds. The molecule has 3 aliphatic rings. The molecule has 2 aromatic rings. The Labute approximate surface area is 218 Å². The summed E-state index contributed by atoms with van der Waals surface area (Å²) in [5.74, 6) is -2.75. The lowest BCUT2D eigenvalue weighted by Crippen LogP contribution is -2.44. The van der Waals surface area contributed by atoms with Crippen LogP contribution in [0.4, 0.5) is 8.78 Å². The Bertz CT molecular complexity index is 880. The second-order valence-corrected chi connectivity index (χ2v) is 11.5. The summed E-state index contributed by atoms with van der Waals surface area (Å²) in [7, 11) is 0. The summed E-state index contributed by atoms with van der Waals surface area (Å²) in [4.78, 5) is 0. The second-order valence-electron chi connectivity index (χ2n) is 11.5. The number of halogens is 2. The van der Waals surface area contributed by atoms with E-state index in [4.69, 9.17) is 0 Å². The van der Waals surface area contributed by atoms with Gasteiger partial charge in [0.05, 0.1) is 0 Å². The van der Waals surface area contributed by atoms with Gasteiger partial charge in [-0.25, -0.2) is 8.78 Å². The Balaban J connectivity index is 0.000000392. The predicted molar refractivity (Wildman–Crippen MR) is 148 cm³/mol. The summed E-state index contributed by atoms with van der Waals surface area (Å²) in [6.45, 7) is 6.78. The first-order valence-electron chi connectivity index (χ1n) is 14.7. The molecule has 0 unspecified atom stereocenters. The lowest BCUT2D eigenvalue weighted by Gasteiger charge is -2.54. The maximum absolute atomic E-state index is 13.7. The summed E-state index contributed by atoms with van der Waals surface area (Å²) in [6.07, 6.45) is 21.7. The number of hydrogen-bond donors (Lipinski definition) is 1. The first-order valence-corrected chi connectivity index (χ1v) is 14.7. The molecule has 3 saturated carbocycles. The molecule has 0 atom stereocenters. The summed E-state index contributed by atoms with van der Waals surface area (Å²) in [5.41, 5.74) is 3.49. The lowest BCUT2D eigenvalue weighted by molar-refractivity contribution is 0.0305. The molecule has 5 rings (SSSR count). The highest BCUT2D eigenvalue weighted by Gasteiger charge is 2.48. The van der Waals surface area contributed by atoms with Gasteiger partial charge in [-0.2, -0.15) is 0 Å². The summed E-state index contributed by atoms with van der Waals surface area (Å²) < 4.78 is 27.3. The zero-order valence-corrected chi connectivity index (χ0v) is 23.0. The summed E-state index contributed by atoms with van der Waals surface area (Å²) in [5, 5.41) is 9.30. The van der Waals surface area contributed by atoms with Crippen LogP contribution in [-0.4, -0.2) is 5.11 Å². The molecule has 2 bridgehead atoms. The molecular weight excluding hydrogens is 450 g/mol. The van der Waals surface area contributed by atoms with Gasteiger partial charge in [0, 0.05) is 0 Å². The minimum atomic E-state index is -0.920. The van der Waals surface area contributed by atoms with Gasteiger partial charge in [0.15, 0.2) is 17.4 Å². The molecule has 36 heavy (non-hydrogen) atoms. The van der Waals surface area contributed by atoms with Crippen molar-refractivity contribution in [1.29, 1.82) is 0 Å². The fourth-order valence-corrected chi connectivity index (χ4v) is 6.42. The van der Waals surface area contributed by atoms with E-state index in [0.29, 0.717) is 11.0 Å². The largest absolute Gasteiger partial charge is 0.503 e. The third kappa shape index (κ3) is 7.11. The molecular formula is C33H48F2O. The predicted octanol–water partition coefficient (Wildman–Crippen LogP) is 10.9. The van der Waals surface area contributed by atoms with E-state index in [-0.39, 0.29) is 5.41 Å². The highest BCUT2D eigenvalue weighted by molar-refractivity contribution is 5.65. The highest BCUT2D eigenvalue weighted by atomic mass is 19.1. The normalized spacial score (nSPS) is 22.8. The van der Waals surface area contributed by atoms with Crippen molar-refractivity contribution < 1.29 is 13.9 Å². The number of aromatic hydroxyl groups is 1. The van der Waals surface area contributed by atoms with Gasteiger partial charge in [-0.1, -0.05) is 103 Å². The first kappa shape index (κ1) is 28.7. The van der Waals surface area contributed by atoms with Crippen LogP contribution in [0.15, 0.2) is 36.4 Å². The van der Waals surface area contributed by atoms with Crippen LogP contribution in [0.5, 0.6) is 5.75 Å². The van der Waals surface area contributed by atoms with Gasteiger partial charge >= 0.3 is 0 Å². The van der Waals surface area contributed by atoms with Crippen molar-refractivity contribution in [3.63, 3.8) is 0 Å². The van der Waals surface area contributed by atoms with Gasteiger partial charge in [0.1, 0.15) is 0 Å². The topological polar surface area (TPSA) is 20.2 Å². The Kier molecular flexibility index (Phi) is 10.8. The Morgan fingerprint density at radius 3 is 1.58 bits per heavy atom. The van der Waals surface area contributed by atoms with Crippen molar-refractivity contribution >= 4 is 0 Å². The number of fused-ring (bicyclic) bond motifs is 3. The monoisotopic (exact) mass is 498 g/mol. The average Bonchev–Trinajstić information content (AvgIpc) is 2.91.